The van der Waals surface area contributed by atoms with Crippen molar-refractivity contribution < 1.29 is 9.72 Å². The molecule has 0 heterocycles. The molecular formula is C10H12N2O3S. The fraction of sp³-hybridized carbons (Fsp3) is 0.300. The van der Waals surface area contributed by atoms with E-state index < -0.39 is 4.92 Å². The first-order chi connectivity index (χ1) is 7.54. The van der Waals surface area contributed by atoms with Gasteiger partial charge in [-0.3, -0.25) is 14.9 Å². The molecule has 1 atom stereocenters. The molecule has 0 radical (unpaired) electrons. The Hall–Kier alpha value is -1.56. The molecule has 0 bridgehead atoms. The van der Waals surface area contributed by atoms with Crippen LogP contribution >= 0.6 is 12.6 Å². The predicted molar refractivity (Wildman–Crippen MR) is 63.5 cm³/mol. The first kappa shape index (κ1) is 12.5. The Morgan fingerprint density at radius 3 is 2.50 bits per heavy atom. The van der Waals surface area contributed by atoms with E-state index in [9.17, 15) is 14.9 Å². The molecule has 1 aromatic rings. The molecule has 86 valence electrons. The van der Waals surface area contributed by atoms with Crippen LogP contribution in [-0.4, -0.2) is 16.6 Å². The molecule has 0 aliphatic heterocycles. The number of non-ortho nitro benzene ring substituents is 1. The number of benzene rings is 1. The van der Waals surface area contributed by atoms with Gasteiger partial charge in [0.25, 0.3) is 5.69 Å². The van der Waals surface area contributed by atoms with Crippen LogP contribution < -0.4 is 5.32 Å². The second-order valence-electron chi connectivity index (χ2n) is 3.30. The number of hydrogen-bond donors (Lipinski definition) is 2. The van der Waals surface area contributed by atoms with Crippen molar-refractivity contribution in [1.82, 2.24) is 5.32 Å². The Kier molecular flexibility index (Phi) is 4.30. The van der Waals surface area contributed by atoms with Gasteiger partial charge in [0.15, 0.2) is 0 Å². The van der Waals surface area contributed by atoms with E-state index >= 15 is 0 Å². The van der Waals surface area contributed by atoms with E-state index in [1.165, 1.54) is 12.1 Å². The molecule has 0 saturated heterocycles. The third-order valence-electron chi connectivity index (χ3n) is 2.13. The van der Waals surface area contributed by atoms with Crippen molar-refractivity contribution in [3.8, 4) is 0 Å². The summed E-state index contributed by atoms with van der Waals surface area (Å²) >= 11 is 3.84. The molecule has 5 nitrogen and oxygen atoms in total. The number of hydrogen-bond acceptors (Lipinski definition) is 4. The summed E-state index contributed by atoms with van der Waals surface area (Å²) in [6, 6.07) is 5.90. The highest BCUT2D eigenvalue weighted by atomic mass is 32.1. The zero-order valence-electron chi connectivity index (χ0n) is 8.71. The van der Waals surface area contributed by atoms with Gasteiger partial charge in [-0.1, -0.05) is 12.1 Å². The highest BCUT2D eigenvalue weighted by molar-refractivity contribution is 7.81. The van der Waals surface area contributed by atoms with Gasteiger partial charge in [-0.2, -0.15) is 12.6 Å². The smallest absolute Gasteiger partial charge is 0.269 e. The van der Waals surface area contributed by atoms with Crippen molar-refractivity contribution in [2.75, 3.05) is 5.75 Å². The minimum absolute atomic E-state index is 0.0384. The summed E-state index contributed by atoms with van der Waals surface area (Å²) in [7, 11) is 0. The van der Waals surface area contributed by atoms with Crippen molar-refractivity contribution >= 4 is 24.2 Å². The number of nitro groups is 1. The Labute approximate surface area is 98.4 Å². The number of carbonyl (C=O) groups excluding carboxylic acids is 1. The van der Waals surface area contributed by atoms with Crippen molar-refractivity contribution in [2.24, 2.45) is 0 Å². The average molecular weight is 240 g/mol. The lowest BCUT2D eigenvalue weighted by atomic mass is 10.1. The van der Waals surface area contributed by atoms with Crippen molar-refractivity contribution in [1.29, 1.82) is 0 Å². The van der Waals surface area contributed by atoms with Gasteiger partial charge < -0.3 is 5.32 Å². The van der Waals surface area contributed by atoms with Crippen LogP contribution in [-0.2, 0) is 4.79 Å². The molecule has 0 aromatic heterocycles. The molecule has 16 heavy (non-hydrogen) atoms. The van der Waals surface area contributed by atoms with Gasteiger partial charge in [0.05, 0.1) is 16.7 Å². The fourth-order valence-corrected chi connectivity index (χ4v) is 1.35. The Bertz CT molecular complexity index is 392. The Balaban J connectivity index is 2.73. The SMILES string of the molecule is C[C@@H](NC(=O)CS)c1ccc([N+](=O)[O-])cc1. The van der Waals surface area contributed by atoms with Crippen LogP contribution in [0, 0.1) is 10.1 Å². The van der Waals surface area contributed by atoms with E-state index in [2.05, 4.69) is 17.9 Å². The quantitative estimate of drug-likeness (QED) is 0.478. The molecule has 0 saturated carbocycles. The van der Waals surface area contributed by atoms with Gasteiger partial charge in [-0.05, 0) is 12.5 Å². The zero-order chi connectivity index (χ0) is 12.1. The van der Waals surface area contributed by atoms with Gasteiger partial charge in [0.2, 0.25) is 5.91 Å². The number of nitro benzene ring substituents is 1. The van der Waals surface area contributed by atoms with Crippen LogP contribution in [0.25, 0.3) is 0 Å². The average Bonchev–Trinajstić information content (AvgIpc) is 2.28. The molecule has 6 heteroatoms. The Morgan fingerprint density at radius 1 is 1.50 bits per heavy atom. The zero-order valence-corrected chi connectivity index (χ0v) is 9.61. The molecule has 1 rings (SSSR count). The number of amides is 1. The fourth-order valence-electron chi connectivity index (χ4n) is 1.26. The molecule has 1 amide bonds. The van der Waals surface area contributed by atoms with Crippen LogP contribution in [0.4, 0.5) is 5.69 Å². The van der Waals surface area contributed by atoms with Crippen LogP contribution in [0.2, 0.25) is 0 Å². The van der Waals surface area contributed by atoms with E-state index in [-0.39, 0.29) is 23.4 Å². The second kappa shape index (κ2) is 5.50. The standard InChI is InChI=1S/C10H12N2O3S/c1-7(11-10(13)6-16)8-2-4-9(5-3-8)12(14)15/h2-5,7,16H,6H2,1H3,(H,11,13)/t7-/m1/s1. The van der Waals surface area contributed by atoms with E-state index in [4.69, 9.17) is 0 Å². The topological polar surface area (TPSA) is 72.2 Å². The minimum Gasteiger partial charge on any atom is -0.349 e. The Morgan fingerprint density at radius 2 is 2.06 bits per heavy atom. The second-order valence-corrected chi connectivity index (χ2v) is 3.61. The lowest BCUT2D eigenvalue weighted by Crippen LogP contribution is -2.27. The number of rotatable bonds is 4. The molecule has 0 unspecified atom stereocenters. The van der Waals surface area contributed by atoms with E-state index in [0.29, 0.717) is 0 Å². The van der Waals surface area contributed by atoms with Crippen molar-refractivity contribution in [3.63, 3.8) is 0 Å². The molecule has 1 N–H and O–H groups in total. The van der Waals surface area contributed by atoms with Gasteiger partial charge >= 0.3 is 0 Å². The number of carbonyl (C=O) groups is 1. The van der Waals surface area contributed by atoms with Gasteiger partial charge in [0.1, 0.15) is 0 Å². The van der Waals surface area contributed by atoms with Crippen molar-refractivity contribution in [2.45, 2.75) is 13.0 Å². The lowest BCUT2D eigenvalue weighted by molar-refractivity contribution is -0.384. The normalized spacial score (nSPS) is 11.9. The summed E-state index contributed by atoms with van der Waals surface area (Å²) in [5.74, 6) is -0.0497. The number of nitrogens with zero attached hydrogens (tertiary/aromatic N) is 1. The first-order valence-electron chi connectivity index (χ1n) is 4.69. The van der Waals surface area contributed by atoms with Crippen LogP contribution in [0.15, 0.2) is 24.3 Å². The number of thiol groups is 1. The molecule has 1 aromatic carbocycles. The van der Waals surface area contributed by atoms with Crippen LogP contribution in [0.5, 0.6) is 0 Å². The largest absolute Gasteiger partial charge is 0.349 e. The molecule has 0 spiro atoms. The highest BCUT2D eigenvalue weighted by Gasteiger charge is 2.10. The van der Waals surface area contributed by atoms with Crippen LogP contribution in [0.1, 0.15) is 18.5 Å². The summed E-state index contributed by atoms with van der Waals surface area (Å²) in [4.78, 5) is 21.0. The summed E-state index contributed by atoms with van der Waals surface area (Å²) in [6.07, 6.45) is 0. The third-order valence-corrected chi connectivity index (χ3v) is 2.41. The third kappa shape index (κ3) is 3.23. The maximum Gasteiger partial charge on any atom is 0.269 e. The van der Waals surface area contributed by atoms with Gasteiger partial charge in [-0.25, -0.2) is 0 Å². The molecule has 0 aliphatic rings. The summed E-state index contributed by atoms with van der Waals surface area (Å²) in [6.45, 7) is 1.81. The van der Waals surface area contributed by atoms with E-state index in [1.54, 1.807) is 12.1 Å². The molecule has 0 fully saturated rings. The maximum atomic E-state index is 11.1. The first-order valence-corrected chi connectivity index (χ1v) is 5.32. The van der Waals surface area contributed by atoms with Crippen LogP contribution in [0.3, 0.4) is 0 Å². The molecule has 0 aliphatic carbocycles. The lowest BCUT2D eigenvalue weighted by Gasteiger charge is -2.13. The van der Waals surface area contributed by atoms with E-state index in [0.717, 1.165) is 5.56 Å². The summed E-state index contributed by atoms with van der Waals surface area (Å²) in [5.41, 5.74) is 0.859. The van der Waals surface area contributed by atoms with Crippen molar-refractivity contribution in [3.05, 3.63) is 39.9 Å². The number of nitrogens with one attached hydrogen (secondary N) is 1. The summed E-state index contributed by atoms with van der Waals surface area (Å²) < 4.78 is 0. The monoisotopic (exact) mass is 240 g/mol. The highest BCUT2D eigenvalue weighted by Crippen LogP contribution is 2.17. The minimum atomic E-state index is -0.458. The van der Waals surface area contributed by atoms with E-state index in [1.807, 2.05) is 6.92 Å². The maximum absolute atomic E-state index is 11.1. The van der Waals surface area contributed by atoms with Gasteiger partial charge in [-0.15, -0.1) is 0 Å². The van der Waals surface area contributed by atoms with Gasteiger partial charge in [0, 0.05) is 12.1 Å². The molecular weight excluding hydrogens is 228 g/mol. The predicted octanol–water partition coefficient (Wildman–Crippen LogP) is 1.70. The summed E-state index contributed by atoms with van der Waals surface area (Å²) in [5, 5.41) is 13.1.